The SMILES string of the molecule is Cn1cnc2cc(Nc3ncc(Cl)c(NC4CCN(c5ccc(C#N)nn5)CC4)n3)ccc21. The fourth-order valence-electron chi connectivity index (χ4n) is 3.87. The average Bonchev–Trinajstić information content (AvgIpc) is 3.22. The molecule has 3 aromatic heterocycles. The second-order valence-corrected chi connectivity index (χ2v) is 8.28. The molecule has 166 valence electrons. The van der Waals surface area contributed by atoms with Crippen LogP contribution in [0, 0.1) is 11.3 Å². The molecule has 0 saturated carbocycles. The lowest BCUT2D eigenvalue weighted by molar-refractivity contribution is 0.521. The van der Waals surface area contributed by atoms with Gasteiger partial charge in [-0.2, -0.15) is 10.2 Å². The highest BCUT2D eigenvalue weighted by Gasteiger charge is 2.22. The number of aryl methyl sites for hydroxylation is 1. The van der Waals surface area contributed by atoms with E-state index in [1.54, 1.807) is 18.6 Å². The van der Waals surface area contributed by atoms with Crippen LogP contribution in [0.25, 0.3) is 11.0 Å². The summed E-state index contributed by atoms with van der Waals surface area (Å²) >= 11 is 6.37. The summed E-state index contributed by atoms with van der Waals surface area (Å²) in [5.74, 6) is 1.84. The third kappa shape index (κ3) is 4.49. The molecule has 2 N–H and O–H groups in total. The number of hydrogen-bond acceptors (Lipinski definition) is 9. The Hall–Kier alpha value is -3.97. The number of nitriles is 1. The molecular formula is C22H21ClN10. The number of rotatable bonds is 5. The van der Waals surface area contributed by atoms with Crippen molar-refractivity contribution in [3.63, 3.8) is 0 Å². The first-order valence-electron chi connectivity index (χ1n) is 10.5. The van der Waals surface area contributed by atoms with Crippen molar-refractivity contribution in [2.24, 2.45) is 7.05 Å². The Balaban J connectivity index is 1.23. The number of halogens is 1. The van der Waals surface area contributed by atoms with Crippen LogP contribution < -0.4 is 15.5 Å². The van der Waals surface area contributed by atoms with Gasteiger partial charge in [0.1, 0.15) is 11.1 Å². The van der Waals surface area contributed by atoms with E-state index in [4.69, 9.17) is 16.9 Å². The molecule has 1 saturated heterocycles. The van der Waals surface area contributed by atoms with Gasteiger partial charge in [-0.15, -0.1) is 10.2 Å². The van der Waals surface area contributed by atoms with Crippen LogP contribution >= 0.6 is 11.6 Å². The van der Waals surface area contributed by atoms with E-state index in [1.165, 1.54) is 0 Å². The third-order valence-corrected chi connectivity index (χ3v) is 5.93. The van der Waals surface area contributed by atoms with Crippen molar-refractivity contribution in [2.75, 3.05) is 28.6 Å². The summed E-state index contributed by atoms with van der Waals surface area (Å²) in [6, 6.07) is 11.7. The minimum absolute atomic E-state index is 0.220. The lowest BCUT2D eigenvalue weighted by atomic mass is 10.1. The number of anilines is 4. The van der Waals surface area contributed by atoms with E-state index in [9.17, 15) is 0 Å². The van der Waals surface area contributed by atoms with Gasteiger partial charge in [0.25, 0.3) is 0 Å². The largest absolute Gasteiger partial charge is 0.366 e. The maximum Gasteiger partial charge on any atom is 0.229 e. The summed E-state index contributed by atoms with van der Waals surface area (Å²) in [7, 11) is 1.96. The molecule has 1 aliphatic heterocycles. The van der Waals surface area contributed by atoms with Gasteiger partial charge < -0.3 is 20.1 Å². The van der Waals surface area contributed by atoms with Crippen molar-refractivity contribution in [1.82, 2.24) is 29.7 Å². The molecule has 0 atom stereocenters. The minimum Gasteiger partial charge on any atom is -0.366 e. The van der Waals surface area contributed by atoms with E-state index in [0.717, 1.165) is 48.5 Å². The molecule has 1 aromatic carbocycles. The molecule has 0 radical (unpaired) electrons. The van der Waals surface area contributed by atoms with Crippen molar-refractivity contribution >= 4 is 45.9 Å². The first-order chi connectivity index (χ1) is 16.1. The van der Waals surface area contributed by atoms with Crippen molar-refractivity contribution in [2.45, 2.75) is 18.9 Å². The molecule has 0 spiro atoms. The summed E-state index contributed by atoms with van der Waals surface area (Å²) in [6.45, 7) is 1.63. The van der Waals surface area contributed by atoms with Crippen LogP contribution in [0.5, 0.6) is 0 Å². The van der Waals surface area contributed by atoms with Crippen LogP contribution in [0.1, 0.15) is 18.5 Å². The van der Waals surface area contributed by atoms with E-state index in [-0.39, 0.29) is 6.04 Å². The topological polar surface area (TPSA) is 120 Å². The van der Waals surface area contributed by atoms with Gasteiger partial charge in [0, 0.05) is 31.9 Å². The predicted molar refractivity (Wildman–Crippen MR) is 127 cm³/mol. The molecule has 11 heteroatoms. The van der Waals surface area contributed by atoms with Crippen molar-refractivity contribution in [3.8, 4) is 6.07 Å². The first kappa shape index (κ1) is 20.9. The number of imidazole rings is 1. The normalized spacial score (nSPS) is 14.3. The maximum atomic E-state index is 8.88. The fraction of sp³-hybridized carbons (Fsp3) is 0.273. The number of piperidine rings is 1. The zero-order valence-electron chi connectivity index (χ0n) is 17.9. The van der Waals surface area contributed by atoms with Gasteiger partial charge in [-0.05, 0) is 43.2 Å². The smallest absolute Gasteiger partial charge is 0.229 e. The Labute approximate surface area is 195 Å². The number of fused-ring (bicyclic) bond motifs is 1. The summed E-state index contributed by atoms with van der Waals surface area (Å²) < 4.78 is 1.97. The summed E-state index contributed by atoms with van der Waals surface area (Å²) in [5.41, 5.74) is 3.12. The fourth-order valence-corrected chi connectivity index (χ4v) is 4.02. The van der Waals surface area contributed by atoms with E-state index in [0.29, 0.717) is 22.5 Å². The van der Waals surface area contributed by atoms with Crippen molar-refractivity contribution in [1.29, 1.82) is 5.26 Å². The number of hydrogen-bond donors (Lipinski definition) is 2. The Morgan fingerprint density at radius 3 is 2.73 bits per heavy atom. The Bertz CT molecular complexity index is 1320. The van der Waals surface area contributed by atoms with Gasteiger partial charge in [0.15, 0.2) is 17.3 Å². The van der Waals surface area contributed by atoms with Gasteiger partial charge >= 0.3 is 0 Å². The van der Waals surface area contributed by atoms with E-state index < -0.39 is 0 Å². The molecule has 0 aliphatic carbocycles. The molecule has 33 heavy (non-hydrogen) atoms. The van der Waals surface area contributed by atoms with Crippen LogP contribution in [0.4, 0.5) is 23.3 Å². The standard InChI is InChI=1S/C22H21ClN10/c1-32-13-26-18-10-15(2-4-19(18)32)28-22-25-12-17(23)21(29-22)27-14-6-8-33(9-7-14)20-5-3-16(11-24)30-31-20/h2-5,10,12-14H,6-9H2,1H3,(H2,25,27,28,29). The highest BCUT2D eigenvalue weighted by atomic mass is 35.5. The Morgan fingerprint density at radius 1 is 1.12 bits per heavy atom. The monoisotopic (exact) mass is 460 g/mol. The van der Waals surface area contributed by atoms with Crippen molar-refractivity contribution in [3.05, 3.63) is 53.6 Å². The molecular weight excluding hydrogens is 440 g/mol. The lowest BCUT2D eigenvalue weighted by Gasteiger charge is -2.33. The van der Waals surface area contributed by atoms with Crippen LogP contribution in [-0.4, -0.2) is 48.8 Å². The number of nitrogens with zero attached hydrogens (tertiary/aromatic N) is 8. The molecule has 10 nitrogen and oxygen atoms in total. The molecule has 0 amide bonds. The van der Waals surface area contributed by atoms with Gasteiger partial charge in [0.05, 0.1) is 23.6 Å². The first-order valence-corrected chi connectivity index (χ1v) is 10.9. The van der Waals surface area contributed by atoms with Gasteiger partial charge in [-0.3, -0.25) is 0 Å². The Kier molecular flexibility index (Phi) is 5.62. The molecule has 4 heterocycles. The van der Waals surface area contributed by atoms with Crippen LogP contribution in [-0.2, 0) is 7.05 Å². The molecule has 5 rings (SSSR count). The summed E-state index contributed by atoms with van der Waals surface area (Å²) in [5, 5.41) is 24.1. The maximum absolute atomic E-state index is 8.88. The Morgan fingerprint density at radius 2 is 1.97 bits per heavy atom. The van der Waals surface area contributed by atoms with Gasteiger partial charge in [0.2, 0.25) is 5.95 Å². The second kappa shape index (κ2) is 8.88. The third-order valence-electron chi connectivity index (χ3n) is 5.65. The van der Waals surface area contributed by atoms with Crippen LogP contribution in [0.3, 0.4) is 0 Å². The molecule has 1 aliphatic rings. The second-order valence-electron chi connectivity index (χ2n) is 7.87. The number of aromatic nitrogens is 6. The average molecular weight is 461 g/mol. The molecule has 4 aromatic rings. The van der Waals surface area contributed by atoms with Gasteiger partial charge in [-0.1, -0.05) is 11.6 Å². The van der Waals surface area contributed by atoms with Crippen LogP contribution in [0.2, 0.25) is 5.02 Å². The molecule has 0 bridgehead atoms. The highest BCUT2D eigenvalue weighted by molar-refractivity contribution is 6.32. The number of nitrogens with one attached hydrogen (secondary N) is 2. The van der Waals surface area contributed by atoms with Gasteiger partial charge in [-0.25, -0.2) is 9.97 Å². The highest BCUT2D eigenvalue weighted by Crippen LogP contribution is 2.26. The molecule has 1 fully saturated rings. The van der Waals surface area contributed by atoms with E-state index in [2.05, 4.69) is 40.7 Å². The summed E-state index contributed by atoms with van der Waals surface area (Å²) in [6.07, 6.45) is 5.16. The predicted octanol–water partition coefficient (Wildman–Crippen LogP) is 3.50. The zero-order valence-corrected chi connectivity index (χ0v) is 18.7. The summed E-state index contributed by atoms with van der Waals surface area (Å²) in [4.78, 5) is 15.4. The van der Waals surface area contributed by atoms with E-state index in [1.807, 2.05) is 41.9 Å². The number of benzene rings is 1. The van der Waals surface area contributed by atoms with Crippen LogP contribution in [0.15, 0.2) is 42.9 Å². The van der Waals surface area contributed by atoms with Crippen molar-refractivity contribution < 1.29 is 0 Å². The minimum atomic E-state index is 0.220. The van der Waals surface area contributed by atoms with E-state index >= 15 is 0 Å². The zero-order chi connectivity index (χ0) is 22.8. The lowest BCUT2D eigenvalue weighted by Crippen LogP contribution is -2.39. The molecule has 0 unspecified atom stereocenters. The quantitative estimate of drug-likeness (QED) is 0.460.